The lowest BCUT2D eigenvalue weighted by Gasteiger charge is -2.39. The Morgan fingerprint density at radius 3 is 2.34 bits per heavy atom. The van der Waals surface area contributed by atoms with Crippen molar-refractivity contribution in [2.45, 2.75) is 37.6 Å². The summed E-state index contributed by atoms with van der Waals surface area (Å²) < 4.78 is 21.5. The van der Waals surface area contributed by atoms with Crippen molar-refractivity contribution in [1.82, 2.24) is 0 Å². The Morgan fingerprint density at radius 1 is 1.00 bits per heavy atom. The Morgan fingerprint density at radius 2 is 1.69 bits per heavy atom. The molecule has 1 saturated heterocycles. The molecule has 11 nitrogen and oxygen atoms in total. The monoisotopic (exact) mass is 450 g/mol. The second-order valence-electron chi connectivity index (χ2n) is 7.50. The fourth-order valence-electron chi connectivity index (χ4n) is 3.91. The largest absolute Gasteiger partial charge is 0.508 e. The number of phenols is 2. The normalized spacial score (nSPS) is 25.9. The van der Waals surface area contributed by atoms with E-state index in [9.17, 15) is 35.4 Å². The first kappa shape index (κ1) is 22.1. The number of rotatable bonds is 4. The topological polar surface area (TPSA) is 179 Å². The highest BCUT2D eigenvalue weighted by Crippen LogP contribution is 2.47. The average Bonchev–Trinajstić information content (AvgIpc) is 2.73. The molecule has 2 aromatic carbocycles. The Kier molecular flexibility index (Phi) is 5.61. The third-order valence-corrected chi connectivity index (χ3v) is 5.42. The van der Waals surface area contributed by atoms with E-state index in [0.29, 0.717) is 0 Å². The lowest BCUT2D eigenvalue weighted by Crippen LogP contribution is -2.60. The number of benzene rings is 2. The summed E-state index contributed by atoms with van der Waals surface area (Å²) in [7, 11) is 1.34. The van der Waals surface area contributed by atoms with Gasteiger partial charge >= 0.3 is 5.63 Å². The van der Waals surface area contributed by atoms with E-state index in [4.69, 9.17) is 18.6 Å². The Bertz CT molecular complexity index is 1230. The summed E-state index contributed by atoms with van der Waals surface area (Å²) in [4.78, 5) is 12.5. The molecule has 4 rings (SSSR count). The molecule has 2 heterocycles. The molecule has 0 amide bonds. The number of hydrogen-bond donors (Lipinski definition) is 6. The average molecular weight is 450 g/mol. The maximum Gasteiger partial charge on any atom is 0.347 e. The summed E-state index contributed by atoms with van der Waals surface area (Å²) in [6.45, 7) is 0.882. The van der Waals surface area contributed by atoms with Crippen molar-refractivity contribution in [3.8, 4) is 23.0 Å². The van der Waals surface area contributed by atoms with Crippen LogP contribution in [0.2, 0.25) is 0 Å². The van der Waals surface area contributed by atoms with Gasteiger partial charge in [-0.1, -0.05) is 0 Å². The molecule has 0 spiro atoms. The van der Waals surface area contributed by atoms with Crippen LogP contribution in [0.3, 0.4) is 0 Å². The molecule has 0 radical (unpaired) electrons. The molecule has 0 bridgehead atoms. The first-order valence-corrected chi connectivity index (χ1v) is 9.65. The number of ether oxygens (including phenoxy) is 3. The van der Waals surface area contributed by atoms with E-state index in [-0.39, 0.29) is 44.6 Å². The number of phenolic OH excluding ortho intramolecular Hbond substituents is 2. The minimum Gasteiger partial charge on any atom is -0.508 e. The first-order valence-electron chi connectivity index (χ1n) is 9.65. The summed E-state index contributed by atoms with van der Waals surface area (Å²) in [5, 5.41) is 61.0. The van der Waals surface area contributed by atoms with Crippen LogP contribution in [0.5, 0.6) is 23.0 Å². The molecule has 1 aliphatic rings. The molecule has 0 saturated carbocycles. The van der Waals surface area contributed by atoms with E-state index in [0.717, 1.165) is 6.07 Å². The quantitative estimate of drug-likeness (QED) is 0.291. The third kappa shape index (κ3) is 3.40. The van der Waals surface area contributed by atoms with Crippen molar-refractivity contribution < 1.29 is 49.3 Å². The van der Waals surface area contributed by atoms with Crippen LogP contribution >= 0.6 is 0 Å². The molecular formula is C21H22O11. The highest BCUT2D eigenvalue weighted by atomic mass is 16.7. The Labute approximate surface area is 180 Å². The van der Waals surface area contributed by atoms with E-state index in [1.165, 1.54) is 19.2 Å². The first-order chi connectivity index (χ1) is 15.2. The van der Waals surface area contributed by atoms with Crippen LogP contribution in [0.15, 0.2) is 27.4 Å². The molecule has 5 atom stereocenters. The van der Waals surface area contributed by atoms with Crippen molar-refractivity contribution in [2.75, 3.05) is 13.7 Å². The van der Waals surface area contributed by atoms with Gasteiger partial charge in [-0.15, -0.1) is 0 Å². The van der Waals surface area contributed by atoms with Crippen molar-refractivity contribution >= 4 is 21.5 Å². The van der Waals surface area contributed by atoms with Gasteiger partial charge in [0, 0.05) is 16.8 Å². The third-order valence-electron chi connectivity index (χ3n) is 5.42. The predicted octanol–water partition coefficient (Wildman–Crippen LogP) is -0.147. The molecule has 6 N–H and O–H groups in total. The minimum absolute atomic E-state index is 0.0553. The molecule has 0 aliphatic carbocycles. The highest BCUT2D eigenvalue weighted by Gasteiger charge is 2.45. The van der Waals surface area contributed by atoms with Crippen LogP contribution in [0.1, 0.15) is 5.76 Å². The molecule has 1 aromatic heterocycles. The summed E-state index contributed by atoms with van der Waals surface area (Å²) >= 11 is 0. The van der Waals surface area contributed by atoms with Gasteiger partial charge < -0.3 is 49.3 Å². The molecule has 1 aliphatic heterocycles. The van der Waals surface area contributed by atoms with Gasteiger partial charge in [0.15, 0.2) is 0 Å². The second kappa shape index (κ2) is 8.11. The zero-order valence-electron chi connectivity index (χ0n) is 17.1. The van der Waals surface area contributed by atoms with Gasteiger partial charge in [-0.2, -0.15) is 0 Å². The number of hydrogen-bond acceptors (Lipinski definition) is 11. The summed E-state index contributed by atoms with van der Waals surface area (Å²) in [6, 6.07) is 3.89. The molecule has 32 heavy (non-hydrogen) atoms. The SMILES string of the molecule is COc1c2cc(O)cc(O[C@@H]3O[C@H](CO)[C@@H](O)[C@H](O)[C@H]3O)c2c(O)c2c(=O)oc(C)cc12. The van der Waals surface area contributed by atoms with Crippen LogP contribution in [0.25, 0.3) is 21.5 Å². The lowest BCUT2D eigenvalue weighted by atomic mass is 9.99. The summed E-state index contributed by atoms with van der Waals surface area (Å²) in [5.74, 6) is -0.615. The Hall–Kier alpha value is -3.09. The van der Waals surface area contributed by atoms with Crippen molar-refractivity contribution in [1.29, 1.82) is 0 Å². The maximum absolute atomic E-state index is 12.5. The molecule has 11 heteroatoms. The van der Waals surface area contributed by atoms with E-state index in [1.807, 2.05) is 0 Å². The number of fused-ring (bicyclic) bond motifs is 2. The summed E-state index contributed by atoms with van der Waals surface area (Å²) in [6.07, 6.45) is -7.86. The molecule has 3 aromatic rings. The molecule has 172 valence electrons. The smallest absolute Gasteiger partial charge is 0.347 e. The zero-order valence-corrected chi connectivity index (χ0v) is 17.1. The van der Waals surface area contributed by atoms with E-state index in [1.54, 1.807) is 6.92 Å². The highest BCUT2D eigenvalue weighted by molar-refractivity contribution is 6.13. The zero-order chi connectivity index (χ0) is 23.3. The number of methoxy groups -OCH3 is 1. The van der Waals surface area contributed by atoms with Crippen molar-refractivity contribution in [3.63, 3.8) is 0 Å². The second-order valence-corrected chi connectivity index (χ2v) is 7.50. The van der Waals surface area contributed by atoms with Crippen molar-refractivity contribution in [2.24, 2.45) is 0 Å². The minimum atomic E-state index is -1.73. The van der Waals surface area contributed by atoms with E-state index >= 15 is 0 Å². The van der Waals surface area contributed by atoms with Gasteiger partial charge in [0.1, 0.15) is 58.6 Å². The number of aryl methyl sites for hydroxylation is 1. The van der Waals surface area contributed by atoms with Gasteiger partial charge in [-0.25, -0.2) is 4.79 Å². The van der Waals surface area contributed by atoms with Crippen LogP contribution in [-0.4, -0.2) is 75.1 Å². The molecular weight excluding hydrogens is 428 g/mol. The number of aliphatic hydroxyl groups is 4. The summed E-state index contributed by atoms with van der Waals surface area (Å²) in [5.41, 5.74) is -0.829. The number of aromatic hydroxyl groups is 2. The van der Waals surface area contributed by atoms with Crippen LogP contribution < -0.4 is 15.1 Å². The van der Waals surface area contributed by atoms with Gasteiger partial charge in [-0.3, -0.25) is 0 Å². The van der Waals surface area contributed by atoms with Crippen molar-refractivity contribution in [3.05, 3.63) is 34.4 Å². The van der Waals surface area contributed by atoms with E-state index in [2.05, 4.69) is 0 Å². The fourth-order valence-corrected chi connectivity index (χ4v) is 3.91. The van der Waals surface area contributed by atoms with Crippen LogP contribution in [-0.2, 0) is 4.74 Å². The Balaban J connectivity index is 1.95. The molecule has 0 unspecified atom stereocenters. The fraction of sp³-hybridized carbons (Fsp3) is 0.381. The van der Waals surface area contributed by atoms with Gasteiger partial charge in [0.2, 0.25) is 6.29 Å². The van der Waals surface area contributed by atoms with Gasteiger partial charge in [0.05, 0.1) is 19.1 Å². The van der Waals surface area contributed by atoms with Crippen LogP contribution in [0.4, 0.5) is 0 Å². The predicted molar refractivity (Wildman–Crippen MR) is 109 cm³/mol. The van der Waals surface area contributed by atoms with E-state index < -0.39 is 48.7 Å². The lowest BCUT2D eigenvalue weighted by molar-refractivity contribution is -0.277. The molecule has 1 fully saturated rings. The standard InChI is InChI=1S/C21H22O11/c1-7-3-9-14(20(28)30-7)16(25)13-10(19(9)29-2)4-8(23)5-11(13)31-21-18(27)17(26)15(24)12(6-22)32-21/h3-5,12,15,17-18,21-27H,6H2,1-2H3/t12-,15-,17+,18-,21-/m1/s1. The maximum atomic E-state index is 12.5. The van der Waals surface area contributed by atoms with Crippen LogP contribution in [0, 0.1) is 6.92 Å². The van der Waals surface area contributed by atoms with Gasteiger partial charge in [0.25, 0.3) is 0 Å². The number of aliphatic hydroxyl groups excluding tert-OH is 4. The van der Waals surface area contributed by atoms with Gasteiger partial charge in [-0.05, 0) is 19.1 Å².